The largest absolute Gasteiger partial charge is 0.493 e. The summed E-state index contributed by atoms with van der Waals surface area (Å²) >= 11 is 0. The van der Waals surface area contributed by atoms with Crippen LogP contribution < -0.4 is 20.1 Å². The molecule has 2 rings (SSSR count). The quantitative estimate of drug-likeness (QED) is 0.837. The maximum Gasteiger partial charge on any atom is 0.314 e. The zero-order chi connectivity index (χ0) is 18.6. The smallest absolute Gasteiger partial charge is 0.314 e. The molecule has 132 valence electrons. The van der Waals surface area contributed by atoms with Gasteiger partial charge in [-0.05, 0) is 44.0 Å². The Morgan fingerprint density at radius 2 is 1.36 bits per heavy atom. The van der Waals surface area contributed by atoms with Crippen molar-refractivity contribution in [2.24, 2.45) is 0 Å². The second kappa shape index (κ2) is 7.70. The molecule has 0 heterocycles. The average Bonchev–Trinajstić information content (AvgIpc) is 2.57. The van der Waals surface area contributed by atoms with Crippen LogP contribution in [0.5, 0.6) is 11.5 Å². The summed E-state index contributed by atoms with van der Waals surface area (Å²) in [6, 6.07) is 8.78. The van der Waals surface area contributed by atoms with Crippen LogP contribution in [0.15, 0.2) is 30.3 Å². The Morgan fingerprint density at radius 3 is 1.92 bits per heavy atom. The minimum Gasteiger partial charge on any atom is -0.493 e. The lowest BCUT2D eigenvalue weighted by atomic mass is 10.1. The lowest BCUT2D eigenvalue weighted by Gasteiger charge is -2.13. The van der Waals surface area contributed by atoms with Crippen molar-refractivity contribution in [3.05, 3.63) is 47.0 Å². The molecule has 0 aliphatic rings. The third-order valence-electron chi connectivity index (χ3n) is 3.76. The third-order valence-corrected chi connectivity index (χ3v) is 3.76. The molecule has 6 heteroatoms. The Balaban J connectivity index is 2.12. The van der Waals surface area contributed by atoms with E-state index in [1.165, 1.54) is 14.2 Å². The summed E-state index contributed by atoms with van der Waals surface area (Å²) in [5.74, 6) is -0.488. The van der Waals surface area contributed by atoms with E-state index in [0.29, 0.717) is 22.9 Å². The number of ether oxygens (including phenoxy) is 2. The molecule has 0 fully saturated rings. The second-order valence-corrected chi connectivity index (χ2v) is 5.75. The lowest BCUT2D eigenvalue weighted by molar-refractivity contribution is -0.133. The van der Waals surface area contributed by atoms with Crippen LogP contribution >= 0.6 is 0 Å². The van der Waals surface area contributed by atoms with E-state index in [1.807, 2.05) is 32.9 Å². The summed E-state index contributed by atoms with van der Waals surface area (Å²) in [4.78, 5) is 24.4. The van der Waals surface area contributed by atoms with Crippen LogP contribution in [0.3, 0.4) is 0 Å². The molecule has 2 amide bonds. The summed E-state index contributed by atoms with van der Waals surface area (Å²) in [5.41, 5.74) is 4.01. The zero-order valence-corrected chi connectivity index (χ0v) is 15.0. The van der Waals surface area contributed by atoms with Crippen molar-refractivity contribution >= 4 is 23.2 Å². The average molecular weight is 342 g/mol. The van der Waals surface area contributed by atoms with Crippen molar-refractivity contribution < 1.29 is 19.1 Å². The molecule has 2 aromatic rings. The molecular weight excluding hydrogens is 320 g/mol. The predicted molar refractivity (Wildman–Crippen MR) is 97.5 cm³/mol. The Labute approximate surface area is 147 Å². The molecule has 0 aliphatic heterocycles. The highest BCUT2D eigenvalue weighted by atomic mass is 16.5. The highest BCUT2D eigenvalue weighted by Gasteiger charge is 2.17. The molecule has 0 unspecified atom stereocenters. The van der Waals surface area contributed by atoms with E-state index in [9.17, 15) is 9.59 Å². The first-order valence-electron chi connectivity index (χ1n) is 7.78. The van der Waals surface area contributed by atoms with Crippen LogP contribution in [0.2, 0.25) is 0 Å². The number of rotatable bonds is 4. The van der Waals surface area contributed by atoms with E-state index in [4.69, 9.17) is 9.47 Å². The SMILES string of the molecule is COc1ccc(NC(=O)C(=O)Nc2c(C)cc(C)cc2C)cc1OC. The van der Waals surface area contributed by atoms with Crippen LogP contribution in [0, 0.1) is 20.8 Å². The second-order valence-electron chi connectivity index (χ2n) is 5.75. The van der Waals surface area contributed by atoms with Gasteiger partial charge in [-0.1, -0.05) is 17.7 Å². The third kappa shape index (κ3) is 4.29. The molecule has 0 aliphatic carbocycles. The van der Waals surface area contributed by atoms with E-state index >= 15 is 0 Å². The van der Waals surface area contributed by atoms with E-state index in [-0.39, 0.29) is 0 Å². The summed E-state index contributed by atoms with van der Waals surface area (Å²) in [6.45, 7) is 5.76. The number of amides is 2. The van der Waals surface area contributed by atoms with Gasteiger partial charge in [0.25, 0.3) is 0 Å². The maximum atomic E-state index is 12.2. The first-order chi connectivity index (χ1) is 11.8. The van der Waals surface area contributed by atoms with Gasteiger partial charge in [0.2, 0.25) is 0 Å². The van der Waals surface area contributed by atoms with Gasteiger partial charge in [-0.3, -0.25) is 9.59 Å². The molecule has 25 heavy (non-hydrogen) atoms. The van der Waals surface area contributed by atoms with Gasteiger partial charge in [-0.2, -0.15) is 0 Å². The Morgan fingerprint density at radius 1 is 0.800 bits per heavy atom. The van der Waals surface area contributed by atoms with Crippen molar-refractivity contribution in [3.8, 4) is 11.5 Å². The summed E-state index contributed by atoms with van der Waals surface area (Å²) < 4.78 is 10.3. The van der Waals surface area contributed by atoms with Crippen molar-refractivity contribution in [1.29, 1.82) is 0 Å². The Bertz CT molecular complexity index is 792. The topological polar surface area (TPSA) is 76.7 Å². The first kappa shape index (κ1) is 18.3. The molecular formula is C19H22N2O4. The molecule has 0 saturated carbocycles. The van der Waals surface area contributed by atoms with Crippen LogP contribution in [-0.4, -0.2) is 26.0 Å². The highest BCUT2D eigenvalue weighted by molar-refractivity contribution is 6.43. The fraction of sp³-hybridized carbons (Fsp3) is 0.263. The van der Waals surface area contributed by atoms with Crippen molar-refractivity contribution in [3.63, 3.8) is 0 Å². The van der Waals surface area contributed by atoms with Gasteiger partial charge in [0, 0.05) is 17.4 Å². The predicted octanol–water partition coefficient (Wildman–Crippen LogP) is 3.21. The number of hydrogen-bond acceptors (Lipinski definition) is 4. The fourth-order valence-electron chi connectivity index (χ4n) is 2.65. The molecule has 0 aromatic heterocycles. The van der Waals surface area contributed by atoms with E-state index in [1.54, 1.807) is 18.2 Å². The molecule has 0 spiro atoms. The number of carbonyl (C=O) groups excluding carboxylic acids is 2. The van der Waals surface area contributed by atoms with Crippen LogP contribution in [0.25, 0.3) is 0 Å². The summed E-state index contributed by atoms with van der Waals surface area (Å²) in [7, 11) is 3.02. The number of benzene rings is 2. The van der Waals surface area contributed by atoms with Crippen LogP contribution in [-0.2, 0) is 9.59 Å². The standard InChI is InChI=1S/C19H22N2O4/c1-11-8-12(2)17(13(3)9-11)21-19(23)18(22)20-14-6-7-15(24-4)16(10-14)25-5/h6-10H,1-5H3,(H,20,22)(H,21,23). The van der Waals surface area contributed by atoms with Crippen molar-refractivity contribution in [2.45, 2.75) is 20.8 Å². The number of anilines is 2. The van der Waals surface area contributed by atoms with E-state index in [2.05, 4.69) is 10.6 Å². The van der Waals surface area contributed by atoms with Gasteiger partial charge in [0.1, 0.15) is 0 Å². The molecule has 0 bridgehead atoms. The van der Waals surface area contributed by atoms with E-state index < -0.39 is 11.8 Å². The van der Waals surface area contributed by atoms with Gasteiger partial charge < -0.3 is 20.1 Å². The molecule has 0 atom stereocenters. The normalized spacial score (nSPS) is 10.1. The van der Waals surface area contributed by atoms with Gasteiger partial charge in [-0.25, -0.2) is 0 Å². The van der Waals surface area contributed by atoms with E-state index in [0.717, 1.165) is 16.7 Å². The molecule has 0 saturated heterocycles. The molecule has 2 N–H and O–H groups in total. The van der Waals surface area contributed by atoms with Gasteiger partial charge in [0.05, 0.1) is 14.2 Å². The van der Waals surface area contributed by atoms with Gasteiger partial charge in [0.15, 0.2) is 11.5 Å². The maximum absolute atomic E-state index is 12.2. The number of methoxy groups -OCH3 is 2. The minimum absolute atomic E-state index is 0.440. The minimum atomic E-state index is -0.758. The molecule has 6 nitrogen and oxygen atoms in total. The Hall–Kier alpha value is -3.02. The zero-order valence-electron chi connectivity index (χ0n) is 15.0. The van der Waals surface area contributed by atoms with Gasteiger partial charge in [-0.15, -0.1) is 0 Å². The first-order valence-corrected chi connectivity index (χ1v) is 7.78. The van der Waals surface area contributed by atoms with Gasteiger partial charge >= 0.3 is 11.8 Å². The van der Waals surface area contributed by atoms with Crippen molar-refractivity contribution in [1.82, 2.24) is 0 Å². The summed E-state index contributed by atoms with van der Waals surface area (Å²) in [6.07, 6.45) is 0. The number of nitrogens with one attached hydrogen (secondary N) is 2. The summed E-state index contributed by atoms with van der Waals surface area (Å²) in [5, 5.41) is 5.22. The number of aryl methyl sites for hydroxylation is 3. The monoisotopic (exact) mass is 342 g/mol. The number of carbonyl (C=O) groups is 2. The number of hydrogen-bond donors (Lipinski definition) is 2. The van der Waals surface area contributed by atoms with Crippen molar-refractivity contribution in [2.75, 3.05) is 24.9 Å². The molecule has 2 aromatic carbocycles. The van der Waals surface area contributed by atoms with Crippen LogP contribution in [0.1, 0.15) is 16.7 Å². The molecule has 0 radical (unpaired) electrons. The lowest BCUT2D eigenvalue weighted by Crippen LogP contribution is -2.29. The highest BCUT2D eigenvalue weighted by Crippen LogP contribution is 2.29. The van der Waals surface area contributed by atoms with Crippen LogP contribution in [0.4, 0.5) is 11.4 Å². The fourth-order valence-corrected chi connectivity index (χ4v) is 2.65. The Kier molecular flexibility index (Phi) is 5.64.